The number of nitrogens with zero attached hydrogens (tertiary/aromatic N) is 2. The molecule has 1 heterocycles. The van der Waals surface area contributed by atoms with Crippen LogP contribution in [0.2, 0.25) is 0 Å². The van der Waals surface area contributed by atoms with Crippen molar-refractivity contribution in [2.45, 2.75) is 37.5 Å². The number of rotatable bonds is 5. The van der Waals surface area contributed by atoms with Gasteiger partial charge in [0.25, 0.3) is 5.91 Å². The number of benzene rings is 2. The van der Waals surface area contributed by atoms with Crippen LogP contribution in [0.4, 0.5) is 4.39 Å². The third-order valence-electron chi connectivity index (χ3n) is 5.48. The molecule has 0 saturated heterocycles. The minimum atomic E-state index is -0.845. The van der Waals surface area contributed by atoms with E-state index in [1.165, 1.54) is 17.0 Å². The van der Waals surface area contributed by atoms with Gasteiger partial charge >= 0.3 is 0 Å². The lowest BCUT2D eigenvalue weighted by Crippen LogP contribution is -2.53. The highest BCUT2D eigenvalue weighted by Crippen LogP contribution is 2.28. The second kappa shape index (κ2) is 8.67. The van der Waals surface area contributed by atoms with E-state index in [9.17, 15) is 14.3 Å². The zero-order chi connectivity index (χ0) is 21.1. The van der Waals surface area contributed by atoms with E-state index in [2.05, 4.69) is 5.16 Å². The number of aromatic nitrogens is 1. The number of hydrogen-bond acceptors (Lipinski definition) is 5. The Bertz CT molecular complexity index is 1010. The lowest BCUT2D eigenvalue weighted by atomic mass is 9.88. The Morgan fingerprint density at radius 2 is 1.90 bits per heavy atom. The molecule has 3 aromatic rings. The normalized spacial score (nSPS) is 21.2. The maximum atomic E-state index is 14.0. The van der Waals surface area contributed by atoms with Crippen LogP contribution >= 0.6 is 0 Å². The Kier molecular flexibility index (Phi) is 5.81. The van der Waals surface area contributed by atoms with Gasteiger partial charge in [0.05, 0.1) is 6.04 Å². The molecule has 4 rings (SSSR count). The smallest absolute Gasteiger partial charge is 0.292 e. The number of halogens is 1. The molecular formula is C23H23FN2O4. The molecule has 30 heavy (non-hydrogen) atoms. The third-order valence-corrected chi connectivity index (χ3v) is 5.48. The number of aliphatic hydroxyl groups excluding tert-OH is 1. The van der Waals surface area contributed by atoms with Gasteiger partial charge in [-0.1, -0.05) is 35.5 Å². The standard InChI is InChI=1S/C23H23FN2O4/c1-26(19-12-7-13-20(22(19)27)29-15-8-3-2-4-9-15)23(28)21-14-18(25-30-21)16-10-5-6-11-17(16)24/h2-6,8-11,14,19-20,22,27H,7,12-13H2,1H3/t19-,20-,22-/m1/s1. The van der Waals surface area contributed by atoms with Gasteiger partial charge in [0.15, 0.2) is 0 Å². The molecule has 6 nitrogen and oxygen atoms in total. The number of ether oxygens (including phenoxy) is 1. The van der Waals surface area contributed by atoms with E-state index >= 15 is 0 Å². The summed E-state index contributed by atoms with van der Waals surface area (Å²) in [6.45, 7) is 0. The monoisotopic (exact) mass is 410 g/mol. The van der Waals surface area contributed by atoms with E-state index < -0.39 is 30.0 Å². The minimum Gasteiger partial charge on any atom is -0.488 e. The maximum Gasteiger partial charge on any atom is 0.292 e. The van der Waals surface area contributed by atoms with Crippen molar-refractivity contribution < 1.29 is 23.6 Å². The van der Waals surface area contributed by atoms with E-state index in [1.807, 2.05) is 30.3 Å². The molecule has 3 atom stereocenters. The molecule has 1 fully saturated rings. The zero-order valence-electron chi connectivity index (χ0n) is 16.6. The fraction of sp³-hybridized carbons (Fsp3) is 0.304. The van der Waals surface area contributed by atoms with E-state index in [1.54, 1.807) is 25.2 Å². The summed E-state index contributed by atoms with van der Waals surface area (Å²) < 4.78 is 25.1. The predicted molar refractivity (Wildman–Crippen MR) is 108 cm³/mol. The average molecular weight is 410 g/mol. The number of para-hydroxylation sites is 1. The van der Waals surface area contributed by atoms with Crippen LogP contribution in [-0.4, -0.2) is 46.4 Å². The first-order valence-electron chi connectivity index (χ1n) is 9.93. The Morgan fingerprint density at radius 1 is 1.17 bits per heavy atom. The summed E-state index contributed by atoms with van der Waals surface area (Å²) in [5, 5.41) is 14.7. The topological polar surface area (TPSA) is 75.8 Å². The first-order valence-corrected chi connectivity index (χ1v) is 9.93. The molecule has 1 N–H and O–H groups in total. The summed E-state index contributed by atoms with van der Waals surface area (Å²) in [5.74, 6) is -0.189. The molecule has 1 amide bonds. The summed E-state index contributed by atoms with van der Waals surface area (Å²) in [7, 11) is 1.62. The number of likely N-dealkylation sites (N-methyl/N-ethyl adjacent to an activating group) is 1. The van der Waals surface area contributed by atoms with Gasteiger partial charge in [-0.25, -0.2) is 4.39 Å². The zero-order valence-corrected chi connectivity index (χ0v) is 16.6. The lowest BCUT2D eigenvalue weighted by Gasteiger charge is -2.39. The Labute approximate surface area is 173 Å². The molecular weight excluding hydrogens is 387 g/mol. The second-order valence-electron chi connectivity index (χ2n) is 7.43. The highest BCUT2D eigenvalue weighted by Gasteiger charge is 2.38. The molecule has 0 aliphatic heterocycles. The molecule has 0 bridgehead atoms. The van der Waals surface area contributed by atoms with Gasteiger partial charge in [0.2, 0.25) is 5.76 Å². The van der Waals surface area contributed by atoms with E-state index in [0.29, 0.717) is 18.6 Å². The van der Waals surface area contributed by atoms with Crippen LogP contribution in [0, 0.1) is 5.82 Å². The number of hydrogen-bond donors (Lipinski definition) is 1. The van der Waals surface area contributed by atoms with Crippen LogP contribution in [-0.2, 0) is 0 Å². The quantitative estimate of drug-likeness (QED) is 0.690. The van der Waals surface area contributed by atoms with E-state index in [4.69, 9.17) is 9.26 Å². The van der Waals surface area contributed by atoms with Crippen molar-refractivity contribution in [1.82, 2.24) is 10.1 Å². The van der Waals surface area contributed by atoms with Gasteiger partial charge < -0.3 is 19.3 Å². The highest BCUT2D eigenvalue weighted by atomic mass is 19.1. The molecule has 2 aromatic carbocycles. The Balaban J connectivity index is 1.47. The molecule has 156 valence electrons. The van der Waals surface area contributed by atoms with Gasteiger partial charge in [0, 0.05) is 18.7 Å². The van der Waals surface area contributed by atoms with Gasteiger partial charge in [-0.05, 0) is 43.5 Å². The van der Waals surface area contributed by atoms with Crippen molar-refractivity contribution in [1.29, 1.82) is 0 Å². The van der Waals surface area contributed by atoms with Crippen molar-refractivity contribution in [2.24, 2.45) is 0 Å². The molecule has 0 spiro atoms. The molecule has 0 radical (unpaired) electrons. The first-order chi connectivity index (χ1) is 14.5. The first kappa shape index (κ1) is 20.1. The van der Waals surface area contributed by atoms with Crippen molar-refractivity contribution in [3.8, 4) is 17.0 Å². The van der Waals surface area contributed by atoms with Crippen LogP contribution in [0.1, 0.15) is 29.8 Å². The van der Waals surface area contributed by atoms with Crippen LogP contribution < -0.4 is 4.74 Å². The fourth-order valence-corrected chi connectivity index (χ4v) is 3.84. The van der Waals surface area contributed by atoms with Crippen LogP contribution in [0.25, 0.3) is 11.3 Å². The van der Waals surface area contributed by atoms with Crippen molar-refractivity contribution >= 4 is 5.91 Å². The van der Waals surface area contributed by atoms with Gasteiger partial charge in [-0.3, -0.25) is 4.79 Å². The van der Waals surface area contributed by atoms with Crippen molar-refractivity contribution in [3.05, 3.63) is 72.2 Å². The second-order valence-corrected chi connectivity index (χ2v) is 7.43. The maximum absolute atomic E-state index is 14.0. The minimum absolute atomic E-state index is 0.00551. The fourth-order valence-electron chi connectivity index (χ4n) is 3.84. The predicted octanol–water partition coefficient (Wildman–Crippen LogP) is 3.91. The number of carbonyl (C=O) groups excluding carboxylic acids is 1. The summed E-state index contributed by atoms with van der Waals surface area (Å²) >= 11 is 0. The summed E-state index contributed by atoms with van der Waals surface area (Å²) in [6.07, 6.45) is 0.904. The number of amides is 1. The van der Waals surface area contributed by atoms with Gasteiger partial charge in [0.1, 0.15) is 29.5 Å². The molecule has 1 aliphatic rings. The molecule has 0 unspecified atom stereocenters. The van der Waals surface area contributed by atoms with Crippen molar-refractivity contribution in [2.75, 3.05) is 7.05 Å². The lowest BCUT2D eigenvalue weighted by molar-refractivity contribution is -0.0419. The van der Waals surface area contributed by atoms with Gasteiger partial charge in [-0.15, -0.1) is 0 Å². The van der Waals surface area contributed by atoms with E-state index in [0.717, 1.165) is 6.42 Å². The van der Waals surface area contributed by atoms with Crippen molar-refractivity contribution in [3.63, 3.8) is 0 Å². The van der Waals surface area contributed by atoms with Gasteiger partial charge in [-0.2, -0.15) is 0 Å². The van der Waals surface area contributed by atoms with Crippen LogP contribution in [0.5, 0.6) is 5.75 Å². The number of aliphatic hydroxyl groups is 1. The average Bonchev–Trinajstić information content (AvgIpc) is 3.25. The van der Waals surface area contributed by atoms with Crippen LogP contribution in [0.3, 0.4) is 0 Å². The number of carbonyl (C=O) groups is 1. The molecule has 7 heteroatoms. The summed E-state index contributed by atoms with van der Waals surface area (Å²) in [4.78, 5) is 14.4. The Hall–Kier alpha value is -3.19. The third kappa shape index (κ3) is 4.07. The van der Waals surface area contributed by atoms with Crippen LogP contribution in [0.15, 0.2) is 65.2 Å². The highest BCUT2D eigenvalue weighted by molar-refractivity contribution is 5.92. The molecule has 1 aliphatic carbocycles. The molecule has 1 aromatic heterocycles. The largest absolute Gasteiger partial charge is 0.488 e. The SMILES string of the molecule is CN(C(=O)c1cc(-c2ccccc2F)no1)[C@@H]1CCC[C@@H](Oc2ccccc2)[C@@H]1O. The summed E-state index contributed by atoms with van der Waals surface area (Å²) in [6, 6.07) is 16.5. The summed E-state index contributed by atoms with van der Waals surface area (Å²) in [5.41, 5.74) is 0.510. The van der Waals surface area contributed by atoms with E-state index in [-0.39, 0.29) is 17.0 Å². The Morgan fingerprint density at radius 3 is 2.67 bits per heavy atom. The molecule has 1 saturated carbocycles.